The van der Waals surface area contributed by atoms with Crippen molar-refractivity contribution in [2.75, 3.05) is 6.54 Å². The van der Waals surface area contributed by atoms with Gasteiger partial charge < -0.3 is 14.6 Å². The lowest BCUT2D eigenvalue weighted by Crippen LogP contribution is -2.45. The molecule has 3 aliphatic rings. The molecule has 0 unspecified atom stereocenters. The van der Waals surface area contributed by atoms with Gasteiger partial charge in [-0.1, -0.05) is 18.9 Å². The molecule has 7 heteroatoms. The summed E-state index contributed by atoms with van der Waals surface area (Å²) in [5.74, 6) is -0.170. The Hall–Kier alpha value is -2.70. The minimum atomic E-state index is -0.707. The standard InChI is InChI=1S/C21H24N4O3/c26-18-17-20(28)24(14-6-7-14)11-12-25(17)16(23-19(18)27)13-21(8-2-3-9-21)15-5-1-4-10-22-15/h1,4-5,10,14,26H,2-3,6-9,11-13H2. The van der Waals surface area contributed by atoms with Gasteiger partial charge in [0, 0.05) is 42.9 Å². The van der Waals surface area contributed by atoms with E-state index in [9.17, 15) is 14.7 Å². The molecule has 0 saturated heterocycles. The van der Waals surface area contributed by atoms with E-state index in [2.05, 4.69) is 9.97 Å². The van der Waals surface area contributed by atoms with Crippen molar-refractivity contribution >= 4 is 5.91 Å². The molecule has 0 aromatic carbocycles. The van der Waals surface area contributed by atoms with Gasteiger partial charge in [0.2, 0.25) is 5.75 Å². The summed E-state index contributed by atoms with van der Waals surface area (Å²) in [5.41, 5.74) is 0.254. The third-order valence-electron chi connectivity index (χ3n) is 6.52. The van der Waals surface area contributed by atoms with Gasteiger partial charge in [0.1, 0.15) is 5.82 Å². The van der Waals surface area contributed by atoms with Gasteiger partial charge in [0.15, 0.2) is 5.69 Å². The van der Waals surface area contributed by atoms with Crippen molar-refractivity contribution < 1.29 is 9.90 Å². The number of carbonyl (C=O) groups is 1. The van der Waals surface area contributed by atoms with Gasteiger partial charge in [-0.05, 0) is 37.8 Å². The Labute approximate surface area is 163 Å². The van der Waals surface area contributed by atoms with Crippen molar-refractivity contribution in [3.63, 3.8) is 0 Å². The van der Waals surface area contributed by atoms with E-state index >= 15 is 0 Å². The second kappa shape index (κ2) is 6.43. The van der Waals surface area contributed by atoms with Crippen LogP contribution in [0.4, 0.5) is 0 Å². The second-order valence-corrected chi connectivity index (χ2v) is 8.29. The summed E-state index contributed by atoms with van der Waals surface area (Å²) >= 11 is 0. The number of hydrogen-bond acceptors (Lipinski definition) is 5. The van der Waals surface area contributed by atoms with E-state index in [1.807, 2.05) is 18.2 Å². The number of amides is 1. The van der Waals surface area contributed by atoms with E-state index in [1.165, 1.54) is 0 Å². The fraction of sp³-hybridized carbons (Fsp3) is 0.524. The van der Waals surface area contributed by atoms with E-state index in [1.54, 1.807) is 15.7 Å². The normalized spacial score (nSPS) is 21.0. The monoisotopic (exact) mass is 380 g/mol. The summed E-state index contributed by atoms with van der Waals surface area (Å²) in [6.07, 6.45) is 8.55. The Bertz CT molecular complexity index is 975. The van der Waals surface area contributed by atoms with Crippen LogP contribution in [0.15, 0.2) is 29.2 Å². The number of hydrogen-bond donors (Lipinski definition) is 1. The average Bonchev–Trinajstić information content (AvgIpc) is 3.44. The summed E-state index contributed by atoms with van der Waals surface area (Å²) < 4.78 is 1.78. The highest BCUT2D eigenvalue weighted by Crippen LogP contribution is 2.43. The number of carbonyl (C=O) groups excluding carboxylic acids is 1. The topological polar surface area (TPSA) is 88.3 Å². The maximum Gasteiger partial charge on any atom is 0.315 e. The van der Waals surface area contributed by atoms with Crippen LogP contribution in [0.3, 0.4) is 0 Å². The number of fused-ring (bicyclic) bond motifs is 1. The summed E-state index contributed by atoms with van der Waals surface area (Å²) in [6, 6.07) is 6.19. The van der Waals surface area contributed by atoms with E-state index in [0.717, 1.165) is 44.2 Å². The van der Waals surface area contributed by atoms with Crippen LogP contribution in [-0.4, -0.2) is 43.0 Å². The van der Waals surface area contributed by atoms with Crippen molar-refractivity contribution in [1.82, 2.24) is 19.4 Å². The molecule has 3 heterocycles. The molecular formula is C21H24N4O3. The van der Waals surface area contributed by atoms with Crippen LogP contribution in [0.5, 0.6) is 5.75 Å². The van der Waals surface area contributed by atoms with E-state index in [-0.39, 0.29) is 23.1 Å². The Morgan fingerprint density at radius 2 is 1.93 bits per heavy atom. The highest BCUT2D eigenvalue weighted by molar-refractivity contribution is 5.96. The Morgan fingerprint density at radius 3 is 2.61 bits per heavy atom. The van der Waals surface area contributed by atoms with Gasteiger partial charge in [-0.25, -0.2) is 0 Å². The lowest BCUT2D eigenvalue weighted by Gasteiger charge is -2.34. The molecule has 1 N–H and O–H groups in total. The number of aromatic hydroxyl groups is 1. The fourth-order valence-electron chi connectivity index (χ4n) is 4.92. The quantitative estimate of drug-likeness (QED) is 0.877. The van der Waals surface area contributed by atoms with Gasteiger partial charge in [-0.3, -0.25) is 14.6 Å². The van der Waals surface area contributed by atoms with Gasteiger partial charge >= 0.3 is 5.56 Å². The maximum absolute atomic E-state index is 13.0. The Balaban J connectivity index is 1.58. The lowest BCUT2D eigenvalue weighted by molar-refractivity contribution is 0.0678. The van der Waals surface area contributed by atoms with Gasteiger partial charge in [0.05, 0.1) is 0 Å². The molecule has 2 saturated carbocycles. The number of nitrogens with zero attached hydrogens (tertiary/aromatic N) is 4. The van der Waals surface area contributed by atoms with Crippen LogP contribution in [0.1, 0.15) is 60.5 Å². The molecule has 2 aromatic rings. The summed E-state index contributed by atoms with van der Waals surface area (Å²) in [6.45, 7) is 1.16. The number of pyridine rings is 1. The molecule has 1 amide bonds. The molecule has 5 rings (SSSR count). The van der Waals surface area contributed by atoms with Crippen LogP contribution in [0, 0.1) is 0 Å². The molecule has 7 nitrogen and oxygen atoms in total. The first kappa shape index (κ1) is 17.4. The molecule has 0 atom stereocenters. The van der Waals surface area contributed by atoms with E-state index < -0.39 is 11.3 Å². The Kier molecular flexibility index (Phi) is 4.00. The predicted molar refractivity (Wildman–Crippen MR) is 102 cm³/mol. The molecule has 146 valence electrons. The molecule has 0 radical (unpaired) electrons. The molecule has 28 heavy (non-hydrogen) atoms. The van der Waals surface area contributed by atoms with E-state index in [0.29, 0.717) is 25.3 Å². The van der Waals surface area contributed by atoms with Gasteiger partial charge in [-0.15, -0.1) is 0 Å². The van der Waals surface area contributed by atoms with Crippen LogP contribution in [0.25, 0.3) is 0 Å². The fourth-order valence-corrected chi connectivity index (χ4v) is 4.92. The minimum absolute atomic E-state index is 0.113. The molecule has 2 aromatic heterocycles. The molecule has 0 spiro atoms. The molecule has 2 aliphatic carbocycles. The number of aromatic nitrogens is 3. The van der Waals surface area contributed by atoms with Crippen molar-refractivity contribution in [3.05, 3.63) is 52.0 Å². The zero-order valence-electron chi connectivity index (χ0n) is 15.8. The first-order valence-electron chi connectivity index (χ1n) is 10.1. The largest absolute Gasteiger partial charge is 0.501 e. The average molecular weight is 380 g/mol. The minimum Gasteiger partial charge on any atom is -0.501 e. The summed E-state index contributed by atoms with van der Waals surface area (Å²) in [4.78, 5) is 36.0. The van der Waals surface area contributed by atoms with Crippen molar-refractivity contribution in [1.29, 1.82) is 0 Å². The SMILES string of the molecule is O=C1c2c(O)c(=O)nc(CC3(c4ccccn4)CCCC3)n2CCN1C1CC1. The molecular weight excluding hydrogens is 356 g/mol. The van der Waals surface area contributed by atoms with Crippen molar-refractivity contribution in [2.24, 2.45) is 0 Å². The maximum atomic E-state index is 13.0. The lowest BCUT2D eigenvalue weighted by atomic mass is 9.78. The summed E-state index contributed by atoms with van der Waals surface area (Å²) in [7, 11) is 0. The first-order valence-corrected chi connectivity index (χ1v) is 10.1. The zero-order chi connectivity index (χ0) is 19.3. The first-order chi connectivity index (χ1) is 13.6. The summed E-state index contributed by atoms with van der Waals surface area (Å²) in [5, 5.41) is 10.3. The third-order valence-corrected chi connectivity index (χ3v) is 6.52. The van der Waals surface area contributed by atoms with Crippen molar-refractivity contribution in [3.8, 4) is 5.75 Å². The highest BCUT2D eigenvalue weighted by Gasteiger charge is 2.42. The third kappa shape index (κ3) is 2.72. The van der Waals surface area contributed by atoms with Gasteiger partial charge in [0.25, 0.3) is 5.91 Å². The number of rotatable bonds is 4. The van der Waals surface area contributed by atoms with Crippen LogP contribution in [0.2, 0.25) is 0 Å². The Morgan fingerprint density at radius 1 is 1.14 bits per heavy atom. The predicted octanol–water partition coefficient (Wildman–Crippen LogP) is 2.02. The van der Waals surface area contributed by atoms with Gasteiger partial charge in [-0.2, -0.15) is 4.98 Å². The molecule has 1 aliphatic heterocycles. The van der Waals surface area contributed by atoms with Crippen LogP contribution < -0.4 is 5.56 Å². The van der Waals surface area contributed by atoms with Crippen LogP contribution >= 0.6 is 0 Å². The van der Waals surface area contributed by atoms with E-state index in [4.69, 9.17) is 0 Å². The zero-order valence-corrected chi connectivity index (χ0v) is 15.8. The van der Waals surface area contributed by atoms with Crippen LogP contribution in [-0.2, 0) is 18.4 Å². The second-order valence-electron chi connectivity index (χ2n) is 8.29. The highest BCUT2D eigenvalue weighted by atomic mass is 16.3. The smallest absolute Gasteiger partial charge is 0.315 e. The molecule has 0 bridgehead atoms. The van der Waals surface area contributed by atoms with Crippen molar-refractivity contribution in [2.45, 2.75) is 62.9 Å². The molecule has 2 fully saturated rings.